The lowest BCUT2D eigenvalue weighted by Crippen LogP contribution is -2.07. The number of hydrogen-bond acceptors (Lipinski definition) is 1. The van der Waals surface area contributed by atoms with Crippen LogP contribution in [0.4, 0.5) is 0 Å². The molecule has 0 atom stereocenters. The third-order valence-electron chi connectivity index (χ3n) is 3.60. The molecule has 2 nitrogen and oxygen atoms in total. The minimum Gasteiger partial charge on any atom is -0.268 e. The summed E-state index contributed by atoms with van der Waals surface area (Å²) in [6, 6.07) is 12.7. The Bertz CT molecular complexity index is 521. The number of aromatic nitrogens is 2. The summed E-state index contributed by atoms with van der Waals surface area (Å²) in [7, 11) is 0. The van der Waals surface area contributed by atoms with Crippen molar-refractivity contribution in [3.05, 3.63) is 42.1 Å². The van der Waals surface area contributed by atoms with Crippen LogP contribution >= 0.6 is 0 Å². The van der Waals surface area contributed by atoms with Gasteiger partial charge in [0, 0.05) is 17.8 Å². The van der Waals surface area contributed by atoms with E-state index in [-0.39, 0.29) is 0 Å². The summed E-state index contributed by atoms with van der Waals surface area (Å²) in [5.74, 6) is 1.40. The van der Waals surface area contributed by atoms with Crippen LogP contribution in [-0.4, -0.2) is 9.78 Å². The molecular weight excluding hydrogens is 220 g/mol. The highest BCUT2D eigenvalue weighted by molar-refractivity contribution is 5.59. The molecule has 18 heavy (non-hydrogen) atoms. The van der Waals surface area contributed by atoms with Crippen LogP contribution in [0.1, 0.15) is 38.3 Å². The molecule has 0 unspecified atom stereocenters. The highest BCUT2D eigenvalue weighted by Crippen LogP contribution is 2.32. The van der Waals surface area contributed by atoms with E-state index in [0.717, 1.165) is 18.2 Å². The van der Waals surface area contributed by atoms with Gasteiger partial charge < -0.3 is 0 Å². The number of rotatable bonds is 4. The minimum absolute atomic E-state index is 0.536. The largest absolute Gasteiger partial charge is 0.268 e. The lowest BCUT2D eigenvalue weighted by Gasteiger charge is -2.08. The lowest BCUT2D eigenvalue weighted by atomic mass is 10.1. The molecule has 0 N–H and O–H groups in total. The second kappa shape index (κ2) is 4.60. The molecule has 0 radical (unpaired) electrons. The van der Waals surface area contributed by atoms with E-state index in [1.54, 1.807) is 0 Å². The monoisotopic (exact) mass is 240 g/mol. The first kappa shape index (κ1) is 11.5. The third kappa shape index (κ3) is 2.33. The van der Waals surface area contributed by atoms with E-state index in [0.29, 0.717) is 5.92 Å². The van der Waals surface area contributed by atoms with E-state index >= 15 is 0 Å². The number of nitrogens with zero attached hydrogens (tertiary/aromatic N) is 2. The van der Waals surface area contributed by atoms with Crippen LogP contribution < -0.4 is 0 Å². The maximum Gasteiger partial charge on any atom is 0.0926 e. The molecule has 1 aliphatic rings. The van der Waals surface area contributed by atoms with Gasteiger partial charge in [0.15, 0.2) is 0 Å². The van der Waals surface area contributed by atoms with E-state index in [2.05, 4.69) is 48.9 Å². The van der Waals surface area contributed by atoms with Gasteiger partial charge in [-0.15, -0.1) is 0 Å². The Morgan fingerprint density at radius 2 is 1.94 bits per heavy atom. The SMILES string of the molecule is CC(C)c1cc(-c2ccccc2)nn1CC1CC1. The Morgan fingerprint density at radius 1 is 1.22 bits per heavy atom. The van der Waals surface area contributed by atoms with Gasteiger partial charge in [-0.05, 0) is 30.7 Å². The van der Waals surface area contributed by atoms with Crippen molar-refractivity contribution in [2.75, 3.05) is 0 Å². The second-order valence-corrected chi connectivity index (χ2v) is 5.60. The fourth-order valence-electron chi connectivity index (χ4n) is 2.34. The lowest BCUT2D eigenvalue weighted by molar-refractivity contribution is 0.528. The van der Waals surface area contributed by atoms with Gasteiger partial charge >= 0.3 is 0 Å². The van der Waals surface area contributed by atoms with Gasteiger partial charge in [-0.1, -0.05) is 44.2 Å². The summed E-state index contributed by atoms with van der Waals surface area (Å²) in [6.07, 6.45) is 2.75. The van der Waals surface area contributed by atoms with Crippen LogP contribution in [0.25, 0.3) is 11.3 Å². The average Bonchev–Trinajstić information content (AvgIpc) is 3.07. The third-order valence-corrected chi connectivity index (χ3v) is 3.60. The highest BCUT2D eigenvalue weighted by Gasteiger charge is 2.24. The fourth-order valence-corrected chi connectivity index (χ4v) is 2.34. The first-order valence-electron chi connectivity index (χ1n) is 6.87. The van der Waals surface area contributed by atoms with Crippen LogP contribution in [0.3, 0.4) is 0 Å². The van der Waals surface area contributed by atoms with Crippen molar-refractivity contribution in [3.63, 3.8) is 0 Å². The van der Waals surface area contributed by atoms with Crippen molar-refractivity contribution in [3.8, 4) is 11.3 Å². The van der Waals surface area contributed by atoms with Crippen LogP contribution in [0.5, 0.6) is 0 Å². The molecule has 0 amide bonds. The summed E-state index contributed by atoms with van der Waals surface area (Å²) < 4.78 is 2.23. The fraction of sp³-hybridized carbons (Fsp3) is 0.438. The van der Waals surface area contributed by atoms with Gasteiger partial charge in [0.1, 0.15) is 0 Å². The topological polar surface area (TPSA) is 17.8 Å². The Balaban J connectivity index is 1.95. The molecule has 3 rings (SSSR count). The van der Waals surface area contributed by atoms with Crippen molar-refractivity contribution < 1.29 is 0 Å². The van der Waals surface area contributed by atoms with Crippen LogP contribution in [0, 0.1) is 5.92 Å². The van der Waals surface area contributed by atoms with Gasteiger partial charge in [0.2, 0.25) is 0 Å². The first-order chi connectivity index (χ1) is 8.74. The molecule has 1 saturated carbocycles. The Kier molecular flexibility index (Phi) is 2.94. The van der Waals surface area contributed by atoms with E-state index < -0.39 is 0 Å². The van der Waals surface area contributed by atoms with Gasteiger partial charge in [-0.2, -0.15) is 5.10 Å². The van der Waals surface area contributed by atoms with Gasteiger partial charge in [-0.3, -0.25) is 4.68 Å². The first-order valence-corrected chi connectivity index (χ1v) is 6.87. The normalized spacial score (nSPS) is 15.3. The molecule has 1 aromatic heterocycles. The molecule has 2 heteroatoms. The van der Waals surface area contributed by atoms with Crippen molar-refractivity contribution in [2.24, 2.45) is 5.92 Å². The summed E-state index contributed by atoms with van der Waals surface area (Å²) in [4.78, 5) is 0. The quantitative estimate of drug-likeness (QED) is 0.787. The molecule has 1 aromatic carbocycles. The Labute approximate surface area is 109 Å². The van der Waals surface area contributed by atoms with E-state index in [1.807, 2.05) is 6.07 Å². The van der Waals surface area contributed by atoms with E-state index in [1.165, 1.54) is 24.1 Å². The van der Waals surface area contributed by atoms with Gasteiger partial charge in [0.25, 0.3) is 0 Å². The van der Waals surface area contributed by atoms with Gasteiger partial charge in [-0.25, -0.2) is 0 Å². The molecule has 0 aliphatic heterocycles. The molecule has 0 spiro atoms. The van der Waals surface area contributed by atoms with Crippen LogP contribution in [0.15, 0.2) is 36.4 Å². The smallest absolute Gasteiger partial charge is 0.0926 e. The molecule has 1 aliphatic carbocycles. The summed E-state index contributed by atoms with van der Waals surface area (Å²) in [5.41, 5.74) is 3.69. The summed E-state index contributed by atoms with van der Waals surface area (Å²) in [6.45, 7) is 5.59. The standard InChI is InChI=1S/C16H20N2/c1-12(2)16-10-15(14-6-4-3-5-7-14)17-18(16)11-13-8-9-13/h3-7,10,12-13H,8-9,11H2,1-2H3. The molecular formula is C16H20N2. The van der Waals surface area contributed by atoms with Crippen molar-refractivity contribution in [2.45, 2.75) is 39.2 Å². The number of hydrogen-bond donors (Lipinski definition) is 0. The van der Waals surface area contributed by atoms with Crippen molar-refractivity contribution in [1.29, 1.82) is 0 Å². The number of benzene rings is 1. The predicted octanol–water partition coefficient (Wildman–Crippen LogP) is 4.08. The van der Waals surface area contributed by atoms with Crippen LogP contribution in [0.2, 0.25) is 0 Å². The highest BCUT2D eigenvalue weighted by atomic mass is 15.3. The molecule has 2 aromatic rings. The Hall–Kier alpha value is -1.57. The molecule has 0 bridgehead atoms. The Morgan fingerprint density at radius 3 is 2.56 bits per heavy atom. The zero-order chi connectivity index (χ0) is 12.5. The minimum atomic E-state index is 0.536. The molecule has 94 valence electrons. The predicted molar refractivity (Wildman–Crippen MR) is 74.5 cm³/mol. The zero-order valence-electron chi connectivity index (χ0n) is 11.1. The van der Waals surface area contributed by atoms with Crippen molar-refractivity contribution in [1.82, 2.24) is 9.78 Å². The van der Waals surface area contributed by atoms with Gasteiger partial charge in [0.05, 0.1) is 5.69 Å². The molecule has 1 fully saturated rings. The second-order valence-electron chi connectivity index (χ2n) is 5.60. The summed E-state index contributed by atoms with van der Waals surface area (Å²) >= 11 is 0. The van der Waals surface area contributed by atoms with Crippen molar-refractivity contribution >= 4 is 0 Å². The van der Waals surface area contributed by atoms with Crippen LogP contribution in [-0.2, 0) is 6.54 Å². The zero-order valence-corrected chi connectivity index (χ0v) is 11.1. The summed E-state index contributed by atoms with van der Waals surface area (Å²) in [5, 5.41) is 4.80. The molecule has 1 heterocycles. The average molecular weight is 240 g/mol. The van der Waals surface area contributed by atoms with E-state index in [9.17, 15) is 0 Å². The molecule has 0 saturated heterocycles. The maximum absolute atomic E-state index is 4.80. The maximum atomic E-state index is 4.80. The van der Waals surface area contributed by atoms with E-state index in [4.69, 9.17) is 5.10 Å².